The van der Waals surface area contributed by atoms with Gasteiger partial charge in [-0.2, -0.15) is 0 Å². The Kier molecular flexibility index (Phi) is 4.96. The molecule has 0 rings (SSSR count). The maximum absolute atomic E-state index is 5.57. The van der Waals surface area contributed by atoms with Gasteiger partial charge >= 0.3 is 0 Å². The summed E-state index contributed by atoms with van der Waals surface area (Å²) in [5.74, 6) is 0. The Labute approximate surface area is 71.6 Å². The lowest BCUT2D eigenvalue weighted by molar-refractivity contribution is 0.540. The van der Waals surface area contributed by atoms with Crippen molar-refractivity contribution in [2.75, 3.05) is 12.7 Å². The highest BCUT2D eigenvalue weighted by molar-refractivity contribution is 6.76. The van der Waals surface area contributed by atoms with Crippen molar-refractivity contribution in [3.8, 4) is 0 Å². The second-order valence-electron chi connectivity index (χ2n) is 4.28. The Morgan fingerprint density at radius 1 is 1.36 bits per heavy atom. The van der Waals surface area contributed by atoms with Crippen molar-refractivity contribution in [2.24, 2.45) is 5.73 Å². The van der Waals surface area contributed by atoms with Crippen molar-refractivity contribution in [1.82, 2.24) is 5.32 Å². The van der Waals surface area contributed by atoms with Crippen LogP contribution in [0, 0.1) is 0 Å². The summed E-state index contributed by atoms with van der Waals surface area (Å²) in [4.78, 5) is 0. The highest BCUT2D eigenvalue weighted by atomic mass is 28.3. The summed E-state index contributed by atoms with van der Waals surface area (Å²) < 4.78 is 0. The molecule has 0 aliphatic heterocycles. The van der Waals surface area contributed by atoms with Crippen molar-refractivity contribution < 1.29 is 0 Å². The third-order valence-electron chi connectivity index (χ3n) is 1.70. The summed E-state index contributed by atoms with van der Waals surface area (Å²) in [7, 11) is -0.919. The van der Waals surface area contributed by atoms with Gasteiger partial charge < -0.3 is 11.1 Å². The minimum atomic E-state index is -0.919. The van der Waals surface area contributed by atoms with Crippen LogP contribution in [-0.4, -0.2) is 26.8 Å². The number of hydrogen-bond donors (Lipinski definition) is 2. The SMILES string of the molecule is CCC(CN)NC[Si](C)(C)C. The summed E-state index contributed by atoms with van der Waals surface area (Å²) >= 11 is 0. The maximum Gasteiger partial charge on any atom is 0.0596 e. The fourth-order valence-electron chi connectivity index (χ4n) is 0.845. The second kappa shape index (κ2) is 4.90. The van der Waals surface area contributed by atoms with Crippen molar-refractivity contribution in [2.45, 2.75) is 39.0 Å². The molecule has 0 spiro atoms. The maximum atomic E-state index is 5.57. The van der Waals surface area contributed by atoms with Crippen LogP contribution in [0.2, 0.25) is 19.6 Å². The molecule has 0 aromatic heterocycles. The highest BCUT2D eigenvalue weighted by Gasteiger charge is 2.14. The van der Waals surface area contributed by atoms with E-state index in [1.165, 1.54) is 6.17 Å². The second-order valence-corrected chi connectivity index (χ2v) is 9.76. The molecular weight excluding hydrogens is 152 g/mol. The molecular formula is C8H22N2Si. The summed E-state index contributed by atoms with van der Waals surface area (Å²) in [5, 5.41) is 3.50. The molecule has 0 aromatic carbocycles. The van der Waals surface area contributed by atoms with Crippen LogP contribution in [0.5, 0.6) is 0 Å². The normalized spacial score (nSPS) is 15.0. The third-order valence-corrected chi connectivity index (χ3v) is 2.96. The first kappa shape index (κ1) is 11.1. The zero-order valence-electron chi connectivity index (χ0n) is 8.28. The fourth-order valence-corrected chi connectivity index (χ4v) is 1.75. The molecule has 0 saturated carbocycles. The minimum absolute atomic E-state index is 0.529. The van der Waals surface area contributed by atoms with Crippen LogP contribution in [0.4, 0.5) is 0 Å². The molecule has 3 N–H and O–H groups in total. The molecule has 0 radical (unpaired) electrons. The van der Waals surface area contributed by atoms with Gasteiger partial charge in [0.1, 0.15) is 0 Å². The van der Waals surface area contributed by atoms with E-state index in [0.717, 1.165) is 13.0 Å². The molecule has 3 heteroatoms. The van der Waals surface area contributed by atoms with Gasteiger partial charge in [-0.15, -0.1) is 0 Å². The largest absolute Gasteiger partial charge is 0.329 e. The van der Waals surface area contributed by atoms with Crippen LogP contribution in [-0.2, 0) is 0 Å². The topological polar surface area (TPSA) is 38.0 Å². The van der Waals surface area contributed by atoms with Gasteiger partial charge in [-0.3, -0.25) is 0 Å². The lowest BCUT2D eigenvalue weighted by atomic mass is 10.2. The first-order chi connectivity index (χ1) is 4.99. The van der Waals surface area contributed by atoms with Crippen molar-refractivity contribution in [3.63, 3.8) is 0 Å². The van der Waals surface area contributed by atoms with Crippen LogP contribution in [0.3, 0.4) is 0 Å². The molecule has 0 aromatic rings. The number of hydrogen-bond acceptors (Lipinski definition) is 2. The quantitative estimate of drug-likeness (QED) is 0.615. The van der Waals surface area contributed by atoms with Crippen LogP contribution < -0.4 is 11.1 Å². The zero-order valence-corrected chi connectivity index (χ0v) is 9.28. The van der Waals surface area contributed by atoms with E-state index < -0.39 is 8.07 Å². The summed E-state index contributed by atoms with van der Waals surface area (Å²) in [6.07, 6.45) is 2.32. The Morgan fingerprint density at radius 2 is 1.91 bits per heavy atom. The summed E-state index contributed by atoms with van der Waals surface area (Å²) in [6, 6.07) is 0.529. The fraction of sp³-hybridized carbons (Fsp3) is 1.00. The lowest BCUT2D eigenvalue weighted by Gasteiger charge is -2.21. The molecule has 0 saturated heterocycles. The highest BCUT2D eigenvalue weighted by Crippen LogP contribution is 1.98. The van der Waals surface area contributed by atoms with E-state index in [2.05, 4.69) is 31.9 Å². The Balaban J connectivity index is 3.51. The van der Waals surface area contributed by atoms with E-state index in [1.807, 2.05) is 0 Å². The van der Waals surface area contributed by atoms with Gasteiger partial charge in [0.25, 0.3) is 0 Å². The molecule has 11 heavy (non-hydrogen) atoms. The monoisotopic (exact) mass is 174 g/mol. The smallest absolute Gasteiger partial charge is 0.0596 e. The molecule has 0 amide bonds. The first-order valence-electron chi connectivity index (χ1n) is 4.43. The van der Waals surface area contributed by atoms with Gasteiger partial charge in [-0.25, -0.2) is 0 Å². The molecule has 2 nitrogen and oxygen atoms in total. The van der Waals surface area contributed by atoms with Gasteiger partial charge in [-0.05, 0) is 12.6 Å². The average molecular weight is 174 g/mol. The summed E-state index contributed by atoms with van der Waals surface area (Å²) in [6.45, 7) is 10.0. The lowest BCUT2D eigenvalue weighted by Crippen LogP contribution is -2.44. The number of nitrogens with two attached hydrogens (primary N) is 1. The number of rotatable bonds is 5. The Bertz CT molecular complexity index is 94.8. The average Bonchev–Trinajstić information content (AvgIpc) is 1.88. The van der Waals surface area contributed by atoms with Gasteiger partial charge in [0.15, 0.2) is 0 Å². The Morgan fingerprint density at radius 3 is 2.18 bits per heavy atom. The molecule has 1 atom stereocenters. The first-order valence-corrected chi connectivity index (χ1v) is 8.13. The minimum Gasteiger partial charge on any atom is -0.329 e. The standard InChI is InChI=1S/C8H22N2Si/c1-5-8(6-9)10-7-11(2,3)4/h8,10H,5-7,9H2,1-4H3. The van der Waals surface area contributed by atoms with Crippen molar-refractivity contribution in [1.29, 1.82) is 0 Å². The van der Waals surface area contributed by atoms with Crippen LogP contribution in [0.1, 0.15) is 13.3 Å². The molecule has 0 aliphatic carbocycles. The molecule has 68 valence electrons. The molecule has 1 unspecified atom stereocenters. The zero-order chi connectivity index (χ0) is 8.91. The Hall–Kier alpha value is 0.137. The predicted molar refractivity (Wildman–Crippen MR) is 54.5 cm³/mol. The van der Waals surface area contributed by atoms with E-state index in [0.29, 0.717) is 6.04 Å². The van der Waals surface area contributed by atoms with Gasteiger partial charge in [-0.1, -0.05) is 26.6 Å². The van der Waals surface area contributed by atoms with Crippen LogP contribution in [0.25, 0.3) is 0 Å². The van der Waals surface area contributed by atoms with Gasteiger partial charge in [0, 0.05) is 12.6 Å². The van der Waals surface area contributed by atoms with E-state index in [-0.39, 0.29) is 0 Å². The van der Waals surface area contributed by atoms with Crippen molar-refractivity contribution >= 4 is 8.07 Å². The van der Waals surface area contributed by atoms with Crippen molar-refractivity contribution in [3.05, 3.63) is 0 Å². The molecule has 0 bridgehead atoms. The summed E-state index contributed by atoms with van der Waals surface area (Å²) in [5.41, 5.74) is 5.57. The van der Waals surface area contributed by atoms with E-state index in [1.54, 1.807) is 0 Å². The number of nitrogens with one attached hydrogen (secondary N) is 1. The predicted octanol–water partition coefficient (Wildman–Crippen LogP) is 1.19. The third kappa shape index (κ3) is 6.53. The molecule has 0 fully saturated rings. The van der Waals surface area contributed by atoms with Gasteiger partial charge in [0.05, 0.1) is 8.07 Å². The molecule has 0 heterocycles. The van der Waals surface area contributed by atoms with E-state index in [9.17, 15) is 0 Å². The van der Waals surface area contributed by atoms with Crippen LogP contribution >= 0.6 is 0 Å². The van der Waals surface area contributed by atoms with Crippen LogP contribution in [0.15, 0.2) is 0 Å². The van der Waals surface area contributed by atoms with Gasteiger partial charge in [0.2, 0.25) is 0 Å². The molecule has 0 aliphatic rings. The van der Waals surface area contributed by atoms with E-state index in [4.69, 9.17) is 5.73 Å². The van der Waals surface area contributed by atoms with E-state index >= 15 is 0 Å².